The first-order valence-electron chi connectivity index (χ1n) is 12.5. The standard InChI is InChI=1S/C19H27NO3/c1-13(2)15-8-10-16(11-9-15)18(21)20-17(19(22)23)12-14-6-4-3-5-7-14/h3-7,13,15-17H,8-12H2,1-2H3,(H,20,21)(H,22,23)/i1D3,2D3,12D2,13D,17D. The van der Waals surface area contributed by atoms with Crippen LogP contribution in [0.3, 0.4) is 0 Å². The van der Waals surface area contributed by atoms with Crippen molar-refractivity contribution >= 4 is 11.9 Å². The molecule has 2 N–H and O–H groups in total. The van der Waals surface area contributed by atoms with Crippen molar-refractivity contribution < 1.29 is 28.4 Å². The molecule has 1 aromatic carbocycles. The van der Waals surface area contributed by atoms with Crippen LogP contribution in [0, 0.1) is 17.7 Å². The lowest BCUT2D eigenvalue weighted by Crippen LogP contribution is -2.45. The maximum absolute atomic E-state index is 12.8. The lowest BCUT2D eigenvalue weighted by molar-refractivity contribution is -0.142. The van der Waals surface area contributed by atoms with Crippen LogP contribution in [0.15, 0.2) is 30.3 Å². The van der Waals surface area contributed by atoms with Crippen LogP contribution in [-0.2, 0) is 16.0 Å². The van der Waals surface area contributed by atoms with Crippen LogP contribution in [0.4, 0.5) is 0 Å². The second-order valence-electron chi connectivity index (χ2n) is 5.62. The number of hydrogen-bond acceptors (Lipinski definition) is 2. The van der Waals surface area contributed by atoms with E-state index in [-0.39, 0.29) is 31.2 Å². The van der Waals surface area contributed by atoms with E-state index in [0.29, 0.717) is 0 Å². The van der Waals surface area contributed by atoms with Crippen LogP contribution in [0.1, 0.15) is 58.7 Å². The Morgan fingerprint density at radius 3 is 2.52 bits per heavy atom. The van der Waals surface area contributed by atoms with Gasteiger partial charge in [-0.15, -0.1) is 0 Å². The van der Waals surface area contributed by atoms with Crippen molar-refractivity contribution in [3.05, 3.63) is 35.9 Å². The molecule has 1 unspecified atom stereocenters. The zero-order chi connectivity index (χ0) is 25.5. The third kappa shape index (κ3) is 5.08. The fraction of sp³-hybridized carbons (Fsp3) is 0.579. The van der Waals surface area contributed by atoms with E-state index in [1.165, 1.54) is 24.3 Å². The van der Waals surface area contributed by atoms with Gasteiger partial charge >= 0.3 is 5.97 Å². The van der Waals surface area contributed by atoms with Crippen LogP contribution < -0.4 is 5.32 Å². The lowest BCUT2D eigenvalue weighted by Gasteiger charge is -2.30. The minimum atomic E-state index is -3.08. The predicted octanol–water partition coefficient (Wildman–Crippen LogP) is 3.26. The van der Waals surface area contributed by atoms with Crippen molar-refractivity contribution in [1.29, 1.82) is 0 Å². The quantitative estimate of drug-likeness (QED) is 0.843. The summed E-state index contributed by atoms with van der Waals surface area (Å²) in [4.78, 5) is 24.7. The lowest BCUT2D eigenvalue weighted by atomic mass is 9.76. The summed E-state index contributed by atoms with van der Waals surface area (Å²) in [5.74, 6) is -7.43. The van der Waals surface area contributed by atoms with Gasteiger partial charge in [-0.05, 0) is 43.1 Å². The highest BCUT2D eigenvalue weighted by Crippen LogP contribution is 2.33. The van der Waals surface area contributed by atoms with Gasteiger partial charge < -0.3 is 10.4 Å². The first-order chi connectivity index (χ1) is 14.9. The number of rotatable bonds is 6. The van der Waals surface area contributed by atoms with Crippen molar-refractivity contribution in [2.24, 2.45) is 17.7 Å². The molecule has 1 aliphatic rings. The molecular formula is C19H27NO3. The molecule has 0 radical (unpaired) electrons. The summed E-state index contributed by atoms with van der Waals surface area (Å²) in [7, 11) is 0. The first kappa shape index (κ1) is 8.32. The first-order valence-corrected chi connectivity index (χ1v) is 7.50. The zero-order valence-corrected chi connectivity index (χ0v) is 12.6. The van der Waals surface area contributed by atoms with Gasteiger partial charge in [-0.3, -0.25) is 4.79 Å². The highest BCUT2D eigenvalue weighted by Gasteiger charge is 2.30. The second kappa shape index (κ2) is 8.14. The molecule has 23 heavy (non-hydrogen) atoms. The van der Waals surface area contributed by atoms with E-state index in [1.54, 1.807) is 6.07 Å². The van der Waals surface area contributed by atoms with E-state index in [1.807, 2.05) is 5.32 Å². The van der Waals surface area contributed by atoms with Crippen molar-refractivity contribution in [1.82, 2.24) is 5.32 Å². The summed E-state index contributed by atoms with van der Waals surface area (Å²) in [6, 6.07) is 4.11. The Morgan fingerprint density at radius 2 is 1.96 bits per heavy atom. The molecule has 0 aliphatic heterocycles. The highest BCUT2D eigenvalue weighted by atomic mass is 16.4. The van der Waals surface area contributed by atoms with Gasteiger partial charge in [0.1, 0.15) is 6.02 Å². The van der Waals surface area contributed by atoms with Crippen molar-refractivity contribution in [3.8, 4) is 0 Å². The molecule has 126 valence electrons. The Morgan fingerprint density at radius 1 is 1.30 bits per heavy atom. The van der Waals surface area contributed by atoms with Gasteiger partial charge in [-0.1, -0.05) is 44.0 Å². The molecule has 1 aliphatic carbocycles. The van der Waals surface area contributed by atoms with E-state index < -0.39 is 55.7 Å². The van der Waals surface area contributed by atoms with E-state index in [9.17, 15) is 14.7 Å². The minimum absolute atomic E-state index is 0.0205. The van der Waals surface area contributed by atoms with Crippen LogP contribution >= 0.6 is 0 Å². The van der Waals surface area contributed by atoms with Gasteiger partial charge in [0.15, 0.2) is 0 Å². The minimum Gasteiger partial charge on any atom is -0.480 e. The maximum Gasteiger partial charge on any atom is 0.326 e. The fourth-order valence-electron chi connectivity index (χ4n) is 2.67. The van der Waals surface area contributed by atoms with Crippen molar-refractivity contribution in [3.63, 3.8) is 0 Å². The van der Waals surface area contributed by atoms with E-state index in [0.717, 1.165) is 0 Å². The molecule has 0 bridgehead atoms. The Bertz CT molecular complexity index is 849. The molecule has 1 saturated carbocycles. The summed E-state index contributed by atoms with van der Waals surface area (Å²) >= 11 is 0. The normalized spacial score (nSPS) is 32.5. The van der Waals surface area contributed by atoms with Crippen molar-refractivity contribution in [2.75, 3.05) is 0 Å². The van der Waals surface area contributed by atoms with Crippen LogP contribution in [0.2, 0.25) is 0 Å². The molecule has 1 amide bonds. The highest BCUT2D eigenvalue weighted by molar-refractivity contribution is 5.85. The molecule has 1 aromatic rings. The summed E-state index contributed by atoms with van der Waals surface area (Å²) in [5.41, 5.74) is -0.110. The maximum atomic E-state index is 12.8. The SMILES string of the molecule is [2H]C([2H])([2H])C([2H])(C1CCC(C(=O)NC([2H])(C(=O)O)C([2H])([2H])c2ccccc2)CC1)C([2H])([2H])[2H]. The number of amides is 1. The van der Waals surface area contributed by atoms with Gasteiger partial charge in [0.25, 0.3) is 0 Å². The second-order valence-corrected chi connectivity index (χ2v) is 5.62. The molecule has 0 saturated heterocycles. The third-order valence-corrected chi connectivity index (χ3v) is 4.01. The molecule has 4 heteroatoms. The smallest absolute Gasteiger partial charge is 0.326 e. The number of aliphatic carboxylic acids is 1. The largest absolute Gasteiger partial charge is 0.480 e. The molecule has 0 aromatic heterocycles. The molecule has 1 atom stereocenters. The molecule has 0 spiro atoms. The number of carbonyl (C=O) groups is 2. The molecular weight excluding hydrogens is 290 g/mol. The number of benzene rings is 1. The molecule has 2 rings (SSSR count). The van der Waals surface area contributed by atoms with Gasteiger partial charge in [-0.25, -0.2) is 4.79 Å². The Hall–Kier alpha value is -1.84. The molecule has 4 nitrogen and oxygen atoms in total. The van der Waals surface area contributed by atoms with Gasteiger partial charge in [0.2, 0.25) is 5.91 Å². The van der Waals surface area contributed by atoms with E-state index in [4.69, 9.17) is 13.7 Å². The van der Waals surface area contributed by atoms with Gasteiger partial charge in [-0.2, -0.15) is 0 Å². The average Bonchev–Trinajstić information content (AvgIpc) is 2.71. The number of carbonyl (C=O) groups excluding carboxylic acids is 1. The summed E-state index contributed by atoms with van der Waals surface area (Å²) < 4.78 is 78.7. The van der Waals surface area contributed by atoms with Gasteiger partial charge in [0, 0.05) is 24.6 Å². The summed E-state index contributed by atoms with van der Waals surface area (Å²) in [6.45, 7) is -6.16. The Kier molecular flexibility index (Phi) is 2.94. The number of carboxylic acids is 1. The van der Waals surface area contributed by atoms with E-state index in [2.05, 4.69) is 0 Å². The summed E-state index contributed by atoms with van der Waals surface area (Å²) in [6.07, 6.45) is -2.96. The topological polar surface area (TPSA) is 66.4 Å². The van der Waals surface area contributed by atoms with Crippen LogP contribution in [-0.4, -0.2) is 23.0 Å². The number of hydrogen-bond donors (Lipinski definition) is 2. The Labute approximate surface area is 152 Å². The molecule has 0 heterocycles. The number of carboxylic acid groups (broad SMARTS) is 1. The van der Waals surface area contributed by atoms with Gasteiger partial charge in [0.05, 0.1) is 1.37 Å². The van der Waals surface area contributed by atoms with Crippen molar-refractivity contribution in [2.45, 2.75) is 51.8 Å². The zero-order valence-electron chi connectivity index (χ0n) is 22.6. The fourth-order valence-corrected chi connectivity index (χ4v) is 2.67. The monoisotopic (exact) mass is 327 g/mol. The predicted molar refractivity (Wildman–Crippen MR) is 90.0 cm³/mol. The number of nitrogens with one attached hydrogen (secondary N) is 1. The van der Waals surface area contributed by atoms with Crippen LogP contribution in [0.25, 0.3) is 0 Å². The van der Waals surface area contributed by atoms with E-state index >= 15 is 0 Å². The average molecular weight is 327 g/mol. The summed E-state index contributed by atoms with van der Waals surface area (Å²) in [5, 5.41) is 11.6. The third-order valence-electron chi connectivity index (χ3n) is 4.01. The Balaban J connectivity index is 2.21. The molecule has 1 fully saturated rings. The van der Waals surface area contributed by atoms with Crippen LogP contribution in [0.5, 0.6) is 0 Å².